The summed E-state index contributed by atoms with van der Waals surface area (Å²) in [4.78, 5) is 28.2. The van der Waals surface area contributed by atoms with Crippen LogP contribution in [0.4, 0.5) is 5.13 Å². The van der Waals surface area contributed by atoms with Crippen molar-refractivity contribution in [3.05, 3.63) is 39.4 Å². The lowest BCUT2D eigenvalue weighted by Crippen LogP contribution is -2.20. The number of ketones is 1. The molecule has 2 rings (SSSR count). The number of hydrogen-bond donors (Lipinski definition) is 1. The number of thiazole rings is 1. The van der Waals surface area contributed by atoms with Crippen LogP contribution >= 0.6 is 11.3 Å². The molecule has 0 spiro atoms. The molecule has 0 bridgehead atoms. The van der Waals surface area contributed by atoms with Gasteiger partial charge in [-0.15, -0.1) is 0 Å². The van der Waals surface area contributed by atoms with Crippen molar-refractivity contribution in [2.75, 3.05) is 11.9 Å². The fourth-order valence-electron chi connectivity index (χ4n) is 2.22. The summed E-state index contributed by atoms with van der Waals surface area (Å²) in [6, 6.07) is 4.00. The van der Waals surface area contributed by atoms with Gasteiger partial charge in [-0.2, -0.15) is 0 Å². The molecule has 23 heavy (non-hydrogen) atoms. The van der Waals surface area contributed by atoms with Gasteiger partial charge in [0.05, 0.1) is 10.6 Å². The quantitative estimate of drug-likeness (QED) is 0.850. The van der Waals surface area contributed by atoms with E-state index >= 15 is 0 Å². The van der Waals surface area contributed by atoms with Crippen LogP contribution in [0.3, 0.4) is 0 Å². The molecular formula is C17H20N2O3S. The van der Waals surface area contributed by atoms with Gasteiger partial charge in [-0.25, -0.2) is 4.98 Å². The molecule has 1 heterocycles. The first-order valence-electron chi connectivity index (χ1n) is 7.27. The van der Waals surface area contributed by atoms with Crippen LogP contribution in [0.15, 0.2) is 12.1 Å². The van der Waals surface area contributed by atoms with Crippen molar-refractivity contribution < 1.29 is 14.3 Å². The monoisotopic (exact) mass is 332 g/mol. The maximum absolute atomic E-state index is 12.0. The first-order chi connectivity index (χ1) is 10.8. The number of rotatable bonds is 5. The topological polar surface area (TPSA) is 68.3 Å². The Kier molecular flexibility index (Phi) is 5.15. The van der Waals surface area contributed by atoms with Gasteiger partial charge < -0.3 is 4.74 Å². The molecule has 0 atom stereocenters. The summed E-state index contributed by atoms with van der Waals surface area (Å²) in [6.45, 7) is 9.06. The number of nitrogens with one attached hydrogen (secondary N) is 1. The van der Waals surface area contributed by atoms with Crippen molar-refractivity contribution in [3.63, 3.8) is 0 Å². The zero-order valence-electron chi connectivity index (χ0n) is 13.9. The van der Waals surface area contributed by atoms with E-state index in [1.807, 2.05) is 32.9 Å². The van der Waals surface area contributed by atoms with Crippen molar-refractivity contribution in [2.45, 2.75) is 34.6 Å². The summed E-state index contributed by atoms with van der Waals surface area (Å²) in [7, 11) is 0. The number of carbonyl (C=O) groups excluding carboxylic acids is 2. The van der Waals surface area contributed by atoms with Gasteiger partial charge in [0, 0.05) is 6.92 Å². The van der Waals surface area contributed by atoms with E-state index in [1.165, 1.54) is 18.3 Å². The zero-order valence-corrected chi connectivity index (χ0v) is 14.8. The number of anilines is 1. The molecule has 0 aliphatic heterocycles. The average Bonchev–Trinajstić information content (AvgIpc) is 2.84. The molecule has 2 aromatic rings. The maximum atomic E-state index is 12.0. The highest BCUT2D eigenvalue weighted by molar-refractivity contribution is 7.17. The van der Waals surface area contributed by atoms with Crippen LogP contribution in [0.1, 0.15) is 39.0 Å². The number of benzene rings is 1. The lowest BCUT2D eigenvalue weighted by Gasteiger charge is -2.13. The Balaban J connectivity index is 2.02. The van der Waals surface area contributed by atoms with Gasteiger partial charge in [-0.05, 0) is 44.4 Å². The van der Waals surface area contributed by atoms with E-state index in [0.29, 0.717) is 15.7 Å². The molecule has 6 heteroatoms. The number of ether oxygens (including phenoxy) is 1. The van der Waals surface area contributed by atoms with Crippen LogP contribution in [-0.2, 0) is 4.79 Å². The van der Waals surface area contributed by atoms with Crippen LogP contribution in [0, 0.1) is 27.7 Å². The van der Waals surface area contributed by atoms with Crippen LogP contribution in [-0.4, -0.2) is 23.3 Å². The van der Waals surface area contributed by atoms with Crippen molar-refractivity contribution in [1.29, 1.82) is 0 Å². The average molecular weight is 332 g/mol. The summed E-state index contributed by atoms with van der Waals surface area (Å²) < 4.78 is 5.66. The number of aryl methyl sites for hydroxylation is 3. The Labute approximate surface area is 139 Å². The Morgan fingerprint density at radius 3 is 2.43 bits per heavy atom. The molecule has 1 aromatic heterocycles. The van der Waals surface area contributed by atoms with E-state index in [0.717, 1.165) is 22.4 Å². The molecule has 1 N–H and O–H groups in total. The van der Waals surface area contributed by atoms with E-state index in [2.05, 4.69) is 10.3 Å². The van der Waals surface area contributed by atoms with Crippen LogP contribution in [0.2, 0.25) is 0 Å². The fraction of sp³-hybridized carbons (Fsp3) is 0.353. The maximum Gasteiger partial charge on any atom is 0.264 e. The largest absolute Gasteiger partial charge is 0.483 e. The first kappa shape index (κ1) is 17.1. The third-order valence-corrected chi connectivity index (χ3v) is 4.76. The predicted molar refractivity (Wildman–Crippen MR) is 91.6 cm³/mol. The summed E-state index contributed by atoms with van der Waals surface area (Å²) in [6.07, 6.45) is 0. The predicted octanol–water partition coefficient (Wildman–Crippen LogP) is 3.60. The van der Waals surface area contributed by atoms with Gasteiger partial charge >= 0.3 is 0 Å². The third-order valence-electron chi connectivity index (χ3n) is 3.58. The van der Waals surface area contributed by atoms with E-state index in [9.17, 15) is 9.59 Å². The molecule has 0 fully saturated rings. The lowest BCUT2D eigenvalue weighted by atomic mass is 10.1. The number of amides is 1. The second-order valence-electron chi connectivity index (χ2n) is 5.48. The minimum atomic E-state index is -0.297. The van der Waals surface area contributed by atoms with Gasteiger partial charge in [0.2, 0.25) is 0 Å². The van der Waals surface area contributed by atoms with E-state index in [-0.39, 0.29) is 18.3 Å². The van der Waals surface area contributed by atoms with Gasteiger partial charge in [0.15, 0.2) is 17.5 Å². The van der Waals surface area contributed by atoms with E-state index in [4.69, 9.17) is 4.74 Å². The third kappa shape index (κ3) is 3.96. The second-order valence-corrected chi connectivity index (χ2v) is 6.48. The molecule has 0 unspecified atom stereocenters. The standard InChI is InChI=1S/C17H20N2O3S/c1-9-6-7-10(2)15(11(9)3)22-8-14(21)19-17-18-12(4)16(23-17)13(5)20/h6-7H,8H2,1-5H3,(H,18,19,21). The highest BCUT2D eigenvalue weighted by Gasteiger charge is 2.14. The number of nitrogens with zero attached hydrogens (tertiary/aromatic N) is 1. The normalized spacial score (nSPS) is 10.5. The van der Waals surface area contributed by atoms with Crippen molar-refractivity contribution in [1.82, 2.24) is 4.98 Å². The van der Waals surface area contributed by atoms with Gasteiger partial charge in [0.1, 0.15) is 5.75 Å². The van der Waals surface area contributed by atoms with E-state index < -0.39 is 0 Å². The highest BCUT2D eigenvalue weighted by atomic mass is 32.1. The SMILES string of the molecule is CC(=O)c1sc(NC(=O)COc2c(C)ccc(C)c2C)nc1C. The van der Waals surface area contributed by atoms with Gasteiger partial charge in [-0.3, -0.25) is 14.9 Å². The Bertz CT molecular complexity index is 765. The number of aromatic nitrogens is 1. The molecule has 0 saturated heterocycles. The molecular weight excluding hydrogens is 312 g/mol. The van der Waals surface area contributed by atoms with Crippen LogP contribution in [0.5, 0.6) is 5.75 Å². The molecule has 122 valence electrons. The minimum Gasteiger partial charge on any atom is -0.483 e. The molecule has 0 saturated carbocycles. The van der Waals surface area contributed by atoms with E-state index in [1.54, 1.807) is 6.92 Å². The zero-order chi connectivity index (χ0) is 17.1. The Hall–Kier alpha value is -2.21. The second kappa shape index (κ2) is 6.91. The van der Waals surface area contributed by atoms with Crippen LogP contribution < -0.4 is 10.1 Å². The molecule has 0 aliphatic carbocycles. The van der Waals surface area contributed by atoms with Gasteiger partial charge in [0.25, 0.3) is 5.91 Å². The summed E-state index contributed by atoms with van der Waals surface area (Å²) >= 11 is 1.18. The smallest absolute Gasteiger partial charge is 0.264 e. The first-order valence-corrected chi connectivity index (χ1v) is 8.09. The van der Waals surface area contributed by atoms with Gasteiger partial charge in [-0.1, -0.05) is 23.5 Å². The van der Waals surface area contributed by atoms with Crippen molar-refractivity contribution >= 4 is 28.2 Å². The Morgan fingerprint density at radius 2 is 1.83 bits per heavy atom. The molecule has 0 radical (unpaired) electrons. The number of carbonyl (C=O) groups is 2. The molecule has 1 aromatic carbocycles. The lowest BCUT2D eigenvalue weighted by molar-refractivity contribution is -0.118. The summed E-state index contributed by atoms with van der Waals surface area (Å²) in [5, 5.41) is 3.09. The van der Waals surface area contributed by atoms with Crippen molar-refractivity contribution in [2.24, 2.45) is 0 Å². The van der Waals surface area contributed by atoms with Crippen LogP contribution in [0.25, 0.3) is 0 Å². The minimum absolute atomic E-state index is 0.0530. The fourth-order valence-corrected chi connectivity index (χ4v) is 3.10. The number of hydrogen-bond acceptors (Lipinski definition) is 5. The molecule has 1 amide bonds. The van der Waals surface area contributed by atoms with Crippen molar-refractivity contribution in [3.8, 4) is 5.75 Å². The Morgan fingerprint density at radius 1 is 1.17 bits per heavy atom. The number of Topliss-reactive ketones (excluding diaryl/α,β-unsaturated/α-hetero) is 1. The highest BCUT2D eigenvalue weighted by Crippen LogP contribution is 2.26. The summed E-state index contributed by atoms with van der Waals surface area (Å²) in [5.74, 6) is 0.386. The molecule has 0 aliphatic rings. The summed E-state index contributed by atoms with van der Waals surface area (Å²) in [5.41, 5.74) is 3.77. The molecule has 5 nitrogen and oxygen atoms in total.